The van der Waals surface area contributed by atoms with Crippen molar-refractivity contribution in [1.29, 1.82) is 0 Å². The molecule has 1 rings (SSSR count). The minimum atomic E-state index is -1.90. The minimum absolute atomic E-state index is 0.000728. The van der Waals surface area contributed by atoms with Crippen molar-refractivity contribution in [3.63, 3.8) is 0 Å². The normalized spacial score (nSPS) is 12.6. The maximum absolute atomic E-state index is 13.7. The summed E-state index contributed by atoms with van der Waals surface area (Å²) in [5.74, 6) is -8.50. The van der Waals surface area contributed by atoms with Crippen LogP contribution < -0.4 is 5.32 Å². The van der Waals surface area contributed by atoms with E-state index in [0.29, 0.717) is 6.07 Å². The molecule has 0 saturated carbocycles. The van der Waals surface area contributed by atoms with E-state index in [1.54, 1.807) is 0 Å². The van der Waals surface area contributed by atoms with Crippen molar-refractivity contribution < 1.29 is 42.5 Å². The van der Waals surface area contributed by atoms with Gasteiger partial charge < -0.3 is 19.9 Å². The highest BCUT2D eigenvalue weighted by Gasteiger charge is 2.38. The molecule has 0 radical (unpaired) electrons. The monoisotopic (exact) mass is 387 g/mol. The first kappa shape index (κ1) is 22.0. The fourth-order valence-electron chi connectivity index (χ4n) is 2.21. The fourth-order valence-corrected chi connectivity index (χ4v) is 2.21. The molecular formula is C17H19F2NO7. The van der Waals surface area contributed by atoms with Crippen LogP contribution in [0.2, 0.25) is 0 Å². The molecule has 0 heterocycles. The van der Waals surface area contributed by atoms with Crippen LogP contribution in [0, 0.1) is 17.6 Å². The van der Waals surface area contributed by atoms with Gasteiger partial charge in [0.2, 0.25) is 0 Å². The average molecular weight is 387 g/mol. The van der Waals surface area contributed by atoms with E-state index in [0.717, 1.165) is 12.1 Å². The third-order valence-corrected chi connectivity index (χ3v) is 3.41. The highest BCUT2D eigenvalue weighted by Crippen LogP contribution is 2.16. The lowest BCUT2D eigenvalue weighted by atomic mass is 9.95. The van der Waals surface area contributed by atoms with Crippen LogP contribution in [0.5, 0.6) is 0 Å². The summed E-state index contributed by atoms with van der Waals surface area (Å²) in [6.07, 6.45) is -0.671. The Morgan fingerprint density at radius 2 is 1.74 bits per heavy atom. The number of carbonyl (C=O) groups is 4. The van der Waals surface area contributed by atoms with E-state index >= 15 is 0 Å². The predicted molar refractivity (Wildman–Crippen MR) is 86.6 cm³/mol. The van der Waals surface area contributed by atoms with Crippen LogP contribution in [0.15, 0.2) is 18.2 Å². The maximum atomic E-state index is 13.7. The zero-order valence-corrected chi connectivity index (χ0v) is 14.7. The van der Waals surface area contributed by atoms with E-state index in [2.05, 4.69) is 0 Å². The Labute approximate surface area is 153 Å². The SMILES string of the molecule is CCOC(=O)C[C@H](C(=O)OCC)[C@@H](NC(=O)c1ccc(F)cc1F)C(=O)O. The second-order valence-corrected chi connectivity index (χ2v) is 5.28. The standard InChI is InChI=1S/C17H19F2NO7/c1-3-26-13(21)8-11(17(25)27-4-2)14(16(23)24)20-15(22)10-6-5-9(18)7-12(10)19/h5-7,11,14H,3-4,8H2,1-2H3,(H,20,22)(H,23,24)/t11-,14+/m0/s1. The van der Waals surface area contributed by atoms with Crippen LogP contribution in [0.4, 0.5) is 8.78 Å². The van der Waals surface area contributed by atoms with Crippen LogP contribution in [-0.4, -0.2) is 48.2 Å². The van der Waals surface area contributed by atoms with Gasteiger partial charge >= 0.3 is 17.9 Å². The number of rotatable bonds is 9. The molecule has 0 aromatic heterocycles. The molecule has 148 valence electrons. The van der Waals surface area contributed by atoms with Crippen molar-refractivity contribution in [3.8, 4) is 0 Å². The van der Waals surface area contributed by atoms with Gasteiger partial charge in [0.05, 0.1) is 31.1 Å². The fraction of sp³-hybridized carbons (Fsp3) is 0.412. The summed E-state index contributed by atoms with van der Waals surface area (Å²) in [5.41, 5.74) is -0.624. The van der Waals surface area contributed by atoms with Gasteiger partial charge in [0, 0.05) is 6.07 Å². The summed E-state index contributed by atoms with van der Waals surface area (Å²) in [6.45, 7) is 2.90. The summed E-state index contributed by atoms with van der Waals surface area (Å²) >= 11 is 0. The second-order valence-electron chi connectivity index (χ2n) is 5.28. The zero-order valence-electron chi connectivity index (χ0n) is 14.7. The average Bonchev–Trinajstić information content (AvgIpc) is 2.57. The third kappa shape index (κ3) is 6.32. The number of hydrogen-bond donors (Lipinski definition) is 2. The van der Waals surface area contributed by atoms with E-state index < -0.39 is 59.4 Å². The molecule has 0 spiro atoms. The van der Waals surface area contributed by atoms with Crippen molar-refractivity contribution in [3.05, 3.63) is 35.4 Å². The Bertz CT molecular complexity index is 723. The molecule has 0 saturated heterocycles. The topological polar surface area (TPSA) is 119 Å². The smallest absolute Gasteiger partial charge is 0.327 e. The molecule has 0 fully saturated rings. The van der Waals surface area contributed by atoms with Crippen molar-refractivity contribution in [2.24, 2.45) is 5.92 Å². The van der Waals surface area contributed by atoms with Crippen LogP contribution in [0.3, 0.4) is 0 Å². The van der Waals surface area contributed by atoms with Crippen LogP contribution in [-0.2, 0) is 23.9 Å². The molecule has 2 atom stereocenters. The number of carboxylic acid groups (broad SMARTS) is 1. The largest absolute Gasteiger partial charge is 0.480 e. The van der Waals surface area contributed by atoms with Gasteiger partial charge in [-0.15, -0.1) is 0 Å². The summed E-state index contributed by atoms with van der Waals surface area (Å²) in [4.78, 5) is 47.5. The van der Waals surface area contributed by atoms with Gasteiger partial charge in [-0.2, -0.15) is 0 Å². The first-order valence-electron chi connectivity index (χ1n) is 8.02. The van der Waals surface area contributed by atoms with Crippen molar-refractivity contribution in [1.82, 2.24) is 5.32 Å². The Hall–Kier alpha value is -3.04. The number of benzene rings is 1. The summed E-state index contributed by atoms with van der Waals surface area (Å²) < 4.78 is 36.1. The van der Waals surface area contributed by atoms with Gasteiger partial charge in [-0.05, 0) is 26.0 Å². The summed E-state index contributed by atoms with van der Waals surface area (Å²) in [7, 11) is 0. The number of ether oxygens (including phenoxy) is 2. The molecule has 27 heavy (non-hydrogen) atoms. The van der Waals surface area contributed by atoms with Crippen LogP contribution in [0.25, 0.3) is 0 Å². The molecule has 1 aromatic carbocycles. The van der Waals surface area contributed by atoms with Gasteiger partial charge in [-0.25, -0.2) is 13.6 Å². The second kappa shape index (κ2) is 10.2. The van der Waals surface area contributed by atoms with E-state index in [1.165, 1.54) is 13.8 Å². The van der Waals surface area contributed by atoms with Crippen molar-refractivity contribution in [2.45, 2.75) is 26.3 Å². The van der Waals surface area contributed by atoms with E-state index in [4.69, 9.17) is 9.47 Å². The highest BCUT2D eigenvalue weighted by atomic mass is 19.1. The van der Waals surface area contributed by atoms with Crippen LogP contribution in [0.1, 0.15) is 30.6 Å². The molecule has 1 amide bonds. The Morgan fingerprint density at radius 3 is 2.26 bits per heavy atom. The number of amides is 1. The summed E-state index contributed by atoms with van der Waals surface area (Å²) in [5, 5.41) is 11.4. The predicted octanol–water partition coefficient (Wildman–Crippen LogP) is 1.28. The molecular weight excluding hydrogens is 368 g/mol. The lowest BCUT2D eigenvalue weighted by Crippen LogP contribution is -2.50. The molecule has 8 nitrogen and oxygen atoms in total. The number of carbonyl (C=O) groups excluding carboxylic acids is 3. The quantitative estimate of drug-likeness (QED) is 0.613. The molecule has 0 aliphatic rings. The van der Waals surface area contributed by atoms with Gasteiger partial charge in [-0.3, -0.25) is 14.4 Å². The molecule has 1 aromatic rings. The van der Waals surface area contributed by atoms with E-state index in [9.17, 15) is 33.1 Å². The Morgan fingerprint density at radius 1 is 1.11 bits per heavy atom. The number of nitrogens with one attached hydrogen (secondary N) is 1. The van der Waals surface area contributed by atoms with Gasteiger partial charge in [0.1, 0.15) is 17.7 Å². The molecule has 0 aliphatic carbocycles. The number of halogens is 2. The Balaban J connectivity index is 3.11. The first-order valence-corrected chi connectivity index (χ1v) is 8.02. The molecule has 10 heteroatoms. The lowest BCUT2D eigenvalue weighted by molar-refractivity contribution is -0.159. The zero-order chi connectivity index (χ0) is 20.6. The maximum Gasteiger partial charge on any atom is 0.327 e. The molecule has 0 unspecified atom stereocenters. The Kier molecular flexibility index (Phi) is 8.31. The summed E-state index contributed by atoms with van der Waals surface area (Å²) in [6, 6.07) is 0.190. The molecule has 2 N–H and O–H groups in total. The first-order chi connectivity index (χ1) is 12.7. The van der Waals surface area contributed by atoms with E-state index in [-0.39, 0.29) is 13.2 Å². The van der Waals surface area contributed by atoms with E-state index in [1.807, 2.05) is 5.32 Å². The number of esters is 2. The van der Waals surface area contributed by atoms with Gasteiger partial charge in [0.15, 0.2) is 0 Å². The third-order valence-electron chi connectivity index (χ3n) is 3.41. The lowest BCUT2D eigenvalue weighted by Gasteiger charge is -2.23. The highest BCUT2D eigenvalue weighted by molar-refractivity contribution is 5.98. The number of aliphatic carboxylic acids is 1. The number of hydrogen-bond acceptors (Lipinski definition) is 6. The van der Waals surface area contributed by atoms with Crippen molar-refractivity contribution in [2.75, 3.05) is 13.2 Å². The minimum Gasteiger partial charge on any atom is -0.480 e. The van der Waals surface area contributed by atoms with Gasteiger partial charge in [-0.1, -0.05) is 0 Å². The molecule has 0 aliphatic heterocycles. The number of carboxylic acids is 1. The molecule has 0 bridgehead atoms. The van der Waals surface area contributed by atoms with Gasteiger partial charge in [0.25, 0.3) is 5.91 Å². The van der Waals surface area contributed by atoms with Crippen LogP contribution >= 0.6 is 0 Å². The van der Waals surface area contributed by atoms with Crippen molar-refractivity contribution >= 4 is 23.8 Å².